The minimum Gasteiger partial charge on any atom is -0.204 e. The Balaban J connectivity index is 0.995. The van der Waals surface area contributed by atoms with Gasteiger partial charge in [-0.1, -0.05) is 81.1 Å². The quantitative estimate of drug-likeness (QED) is 0.178. The Morgan fingerprint density at radius 3 is 1.43 bits per heavy atom. The van der Waals surface area contributed by atoms with Crippen molar-refractivity contribution < 1.29 is 13.2 Å². The molecule has 220 valence electrons. The molecule has 0 nitrogen and oxygen atoms in total. The van der Waals surface area contributed by atoms with Gasteiger partial charge in [0.2, 0.25) is 0 Å². The van der Waals surface area contributed by atoms with Gasteiger partial charge in [0.25, 0.3) is 0 Å². The van der Waals surface area contributed by atoms with E-state index in [1.54, 1.807) is 5.56 Å². The maximum absolute atomic E-state index is 13.9. The smallest absolute Gasteiger partial charge is 0.194 e. The van der Waals surface area contributed by atoms with Crippen molar-refractivity contribution in [3.8, 4) is 11.1 Å². The molecule has 10 rings (SSSR count). The highest BCUT2D eigenvalue weighted by Crippen LogP contribution is 2.77. The Labute approximate surface area is 249 Å². The lowest BCUT2D eigenvalue weighted by molar-refractivity contribution is -0.221. The third-order valence-electron chi connectivity index (χ3n) is 13.0. The maximum atomic E-state index is 13.9. The largest absolute Gasteiger partial charge is 0.204 e. The van der Waals surface area contributed by atoms with Gasteiger partial charge in [0, 0.05) is 0 Å². The molecular weight excluding hydrogens is 525 g/mol. The molecule has 0 aromatic heterocycles. The number of hydrogen-bond acceptors (Lipinski definition) is 0. The predicted molar refractivity (Wildman–Crippen MR) is 163 cm³/mol. The summed E-state index contributed by atoms with van der Waals surface area (Å²) in [6, 6.07) is 20.5. The Morgan fingerprint density at radius 1 is 0.548 bits per heavy atom. The summed E-state index contributed by atoms with van der Waals surface area (Å²) < 4.78 is 41.3. The zero-order valence-electron chi connectivity index (χ0n) is 24.9. The van der Waals surface area contributed by atoms with Crippen LogP contribution in [0.5, 0.6) is 0 Å². The van der Waals surface area contributed by atoms with Crippen LogP contribution in [0.2, 0.25) is 0 Å². The summed E-state index contributed by atoms with van der Waals surface area (Å²) >= 11 is 0. The van der Waals surface area contributed by atoms with E-state index < -0.39 is 17.5 Å². The third-order valence-corrected chi connectivity index (χ3v) is 13.0. The standard InChI is InChI=1S/C39H43F3/c1-2-3-4-5-6-7-24-8-12-27(13-9-24)38-18-29-32-21-39(22-33(29)31(20-38)34(23-39)30(32)19-38)28-14-10-25(11-15-28)26-16-35(40)37(42)36(41)17-26/h8-17,29-34H,2-7,18-23H2,1H3. The van der Waals surface area contributed by atoms with E-state index in [0.29, 0.717) is 11.0 Å². The van der Waals surface area contributed by atoms with Crippen molar-refractivity contribution in [3.63, 3.8) is 0 Å². The van der Waals surface area contributed by atoms with Crippen LogP contribution in [-0.4, -0.2) is 0 Å². The van der Waals surface area contributed by atoms with E-state index in [-0.39, 0.29) is 5.41 Å². The molecule has 0 spiro atoms. The van der Waals surface area contributed by atoms with Crippen molar-refractivity contribution in [1.82, 2.24) is 0 Å². The average Bonchev–Trinajstić information content (AvgIpc) is 3.02. The van der Waals surface area contributed by atoms with E-state index in [1.165, 1.54) is 88.2 Å². The summed E-state index contributed by atoms with van der Waals surface area (Å²) in [5.41, 5.74) is 6.33. The van der Waals surface area contributed by atoms with Crippen molar-refractivity contribution in [3.05, 3.63) is 94.8 Å². The Bertz CT molecular complexity index is 1380. The maximum Gasteiger partial charge on any atom is 0.194 e. The second kappa shape index (κ2) is 10.00. The summed E-state index contributed by atoms with van der Waals surface area (Å²) in [5.74, 6) is 1.47. The fourth-order valence-corrected chi connectivity index (χ4v) is 11.3. The molecule has 8 bridgehead atoms. The number of aryl methyl sites for hydroxylation is 1. The third kappa shape index (κ3) is 4.08. The fraction of sp³-hybridized carbons (Fsp3) is 0.538. The number of rotatable bonds is 9. The molecule has 0 N–H and O–H groups in total. The minimum atomic E-state index is -1.40. The number of hydrogen-bond donors (Lipinski definition) is 0. The zero-order valence-corrected chi connectivity index (χ0v) is 24.9. The van der Waals surface area contributed by atoms with Crippen LogP contribution in [0, 0.1) is 53.0 Å². The fourth-order valence-electron chi connectivity index (χ4n) is 11.3. The second-order valence-electron chi connectivity index (χ2n) is 15.0. The molecule has 7 fully saturated rings. The molecule has 7 aliphatic rings. The highest BCUT2D eigenvalue weighted by Gasteiger charge is 2.70. The van der Waals surface area contributed by atoms with Crippen LogP contribution in [0.3, 0.4) is 0 Å². The van der Waals surface area contributed by atoms with E-state index in [4.69, 9.17) is 0 Å². The van der Waals surface area contributed by atoms with Gasteiger partial charge in [0.15, 0.2) is 17.5 Å². The first-order valence-electron chi connectivity index (χ1n) is 16.7. The van der Waals surface area contributed by atoms with Crippen molar-refractivity contribution in [2.75, 3.05) is 0 Å². The van der Waals surface area contributed by atoms with Gasteiger partial charge in [-0.25, -0.2) is 13.2 Å². The molecule has 3 heteroatoms. The van der Waals surface area contributed by atoms with Gasteiger partial charge in [-0.05, 0) is 138 Å². The topological polar surface area (TPSA) is 0 Å². The molecule has 0 aliphatic heterocycles. The van der Waals surface area contributed by atoms with Gasteiger partial charge in [0.1, 0.15) is 0 Å². The Kier molecular flexibility index (Phi) is 6.43. The molecule has 0 radical (unpaired) electrons. The Morgan fingerprint density at radius 2 is 0.976 bits per heavy atom. The lowest BCUT2D eigenvalue weighted by Gasteiger charge is -2.75. The van der Waals surface area contributed by atoms with E-state index in [1.807, 2.05) is 12.1 Å². The lowest BCUT2D eigenvalue weighted by atomic mass is 9.29. The molecule has 0 atom stereocenters. The molecule has 0 unspecified atom stereocenters. The normalized spacial score (nSPS) is 35.3. The first kappa shape index (κ1) is 27.0. The van der Waals surface area contributed by atoms with Crippen LogP contribution in [0.1, 0.15) is 94.2 Å². The number of halogens is 3. The van der Waals surface area contributed by atoms with Crippen LogP contribution >= 0.6 is 0 Å². The van der Waals surface area contributed by atoms with Gasteiger partial charge in [-0.2, -0.15) is 0 Å². The molecule has 7 saturated carbocycles. The second-order valence-corrected chi connectivity index (χ2v) is 15.0. The van der Waals surface area contributed by atoms with Gasteiger partial charge in [0.05, 0.1) is 0 Å². The summed E-state index contributed by atoms with van der Waals surface area (Å²) in [6.07, 6.45) is 16.0. The van der Waals surface area contributed by atoms with Crippen molar-refractivity contribution in [1.29, 1.82) is 0 Å². The van der Waals surface area contributed by atoms with Gasteiger partial charge >= 0.3 is 0 Å². The van der Waals surface area contributed by atoms with Crippen molar-refractivity contribution in [2.24, 2.45) is 35.5 Å². The molecule has 3 aromatic carbocycles. The molecule has 0 amide bonds. The molecule has 0 saturated heterocycles. The first-order valence-corrected chi connectivity index (χ1v) is 16.7. The van der Waals surface area contributed by atoms with Gasteiger partial charge < -0.3 is 0 Å². The summed E-state index contributed by atoms with van der Waals surface area (Å²) in [5, 5.41) is 0. The van der Waals surface area contributed by atoms with E-state index in [9.17, 15) is 13.2 Å². The monoisotopic (exact) mass is 568 g/mol. The minimum absolute atomic E-state index is 0.247. The van der Waals surface area contributed by atoms with E-state index in [2.05, 4.69) is 43.3 Å². The molecule has 0 heterocycles. The highest BCUT2D eigenvalue weighted by atomic mass is 19.2. The number of benzene rings is 3. The SMILES string of the molecule is CCCCCCCc1ccc(C23CC4C5CC6(c7ccc(-c8cc(F)c(F)c(F)c8)cc7)CC4C(C2)C(C6)C5C3)cc1. The predicted octanol–water partition coefficient (Wildman–Crippen LogP) is 10.6. The van der Waals surface area contributed by atoms with Crippen molar-refractivity contribution >= 4 is 0 Å². The summed E-state index contributed by atoms with van der Waals surface area (Å²) in [6.45, 7) is 2.28. The molecule has 7 aliphatic carbocycles. The summed E-state index contributed by atoms with van der Waals surface area (Å²) in [7, 11) is 0. The van der Waals surface area contributed by atoms with Crippen LogP contribution in [0.25, 0.3) is 11.1 Å². The van der Waals surface area contributed by atoms with E-state index in [0.717, 1.165) is 53.2 Å². The van der Waals surface area contributed by atoms with Gasteiger partial charge in [-0.3, -0.25) is 0 Å². The highest BCUT2D eigenvalue weighted by molar-refractivity contribution is 5.64. The lowest BCUT2D eigenvalue weighted by Crippen LogP contribution is -2.69. The van der Waals surface area contributed by atoms with Crippen molar-refractivity contribution in [2.45, 2.75) is 94.8 Å². The van der Waals surface area contributed by atoms with E-state index >= 15 is 0 Å². The molecule has 3 aromatic rings. The van der Waals surface area contributed by atoms with Crippen LogP contribution < -0.4 is 0 Å². The first-order chi connectivity index (χ1) is 20.4. The van der Waals surface area contributed by atoms with Gasteiger partial charge in [-0.15, -0.1) is 0 Å². The zero-order chi connectivity index (χ0) is 28.6. The Hall–Kier alpha value is -2.55. The molecular formula is C39H43F3. The molecule has 42 heavy (non-hydrogen) atoms. The van der Waals surface area contributed by atoms with Crippen LogP contribution in [0.4, 0.5) is 13.2 Å². The van der Waals surface area contributed by atoms with Crippen LogP contribution in [0.15, 0.2) is 60.7 Å². The summed E-state index contributed by atoms with van der Waals surface area (Å²) in [4.78, 5) is 0. The van der Waals surface area contributed by atoms with Crippen LogP contribution in [-0.2, 0) is 17.3 Å². The number of unbranched alkanes of at least 4 members (excludes halogenated alkanes) is 4. The average molecular weight is 569 g/mol.